The molecule has 2 atom stereocenters. The fourth-order valence-corrected chi connectivity index (χ4v) is 4.40. The van der Waals surface area contributed by atoms with Crippen LogP contribution in [0, 0.1) is 23.7 Å². The van der Waals surface area contributed by atoms with Crippen molar-refractivity contribution >= 4 is 35.8 Å². The number of aliphatic imine (C=N–C) groups is 1. The summed E-state index contributed by atoms with van der Waals surface area (Å²) >= 11 is 0. The molecule has 3 aliphatic carbocycles. The molecule has 0 aromatic heterocycles. The van der Waals surface area contributed by atoms with Crippen molar-refractivity contribution in [2.75, 3.05) is 13.1 Å². The lowest BCUT2D eigenvalue weighted by Gasteiger charge is -2.30. The zero-order valence-corrected chi connectivity index (χ0v) is 19.6. The van der Waals surface area contributed by atoms with E-state index in [1.54, 1.807) is 0 Å². The van der Waals surface area contributed by atoms with Gasteiger partial charge in [-0.25, -0.2) is 0 Å². The van der Waals surface area contributed by atoms with Crippen LogP contribution in [0.2, 0.25) is 0 Å². The van der Waals surface area contributed by atoms with Gasteiger partial charge in [-0.2, -0.15) is 0 Å². The van der Waals surface area contributed by atoms with Gasteiger partial charge in [-0.05, 0) is 83.5 Å². The summed E-state index contributed by atoms with van der Waals surface area (Å²) in [7, 11) is 0. The lowest BCUT2D eigenvalue weighted by atomic mass is 9.85. The van der Waals surface area contributed by atoms with E-state index in [0.717, 1.165) is 62.5 Å². The second kappa shape index (κ2) is 10.9. The molecule has 0 aliphatic heterocycles. The highest BCUT2D eigenvalue weighted by Gasteiger charge is 2.41. The van der Waals surface area contributed by atoms with Crippen LogP contribution in [0.4, 0.5) is 0 Å². The number of amides is 1. The highest BCUT2D eigenvalue weighted by Crippen LogP contribution is 2.49. The molecule has 3 fully saturated rings. The Morgan fingerprint density at radius 1 is 1.07 bits per heavy atom. The smallest absolute Gasteiger partial charge is 0.223 e. The number of hydrogen-bond acceptors (Lipinski definition) is 2. The van der Waals surface area contributed by atoms with Crippen molar-refractivity contribution in [2.24, 2.45) is 28.7 Å². The molecule has 156 valence electrons. The third-order valence-corrected chi connectivity index (χ3v) is 6.08. The van der Waals surface area contributed by atoms with Crippen LogP contribution >= 0.6 is 24.0 Å². The van der Waals surface area contributed by atoms with Gasteiger partial charge >= 0.3 is 0 Å². The van der Waals surface area contributed by atoms with Gasteiger partial charge in [-0.3, -0.25) is 9.79 Å². The summed E-state index contributed by atoms with van der Waals surface area (Å²) in [6.07, 6.45) is 9.82. The molecule has 1 amide bonds. The van der Waals surface area contributed by atoms with Crippen LogP contribution in [0.5, 0.6) is 0 Å². The Balaban J connectivity index is 0.00000261. The molecule has 0 bridgehead atoms. The van der Waals surface area contributed by atoms with Gasteiger partial charge in [-0.15, -0.1) is 24.0 Å². The molecule has 0 aromatic carbocycles. The van der Waals surface area contributed by atoms with Crippen molar-refractivity contribution in [3.05, 3.63) is 0 Å². The number of halogens is 1. The Bertz CT molecular complexity index is 490. The quantitative estimate of drug-likeness (QED) is 0.276. The van der Waals surface area contributed by atoms with Crippen molar-refractivity contribution < 1.29 is 4.79 Å². The van der Waals surface area contributed by atoms with Crippen molar-refractivity contribution in [1.29, 1.82) is 0 Å². The molecule has 0 radical (unpaired) electrons. The van der Waals surface area contributed by atoms with E-state index in [0.29, 0.717) is 6.04 Å². The lowest BCUT2D eigenvalue weighted by Crippen LogP contribution is -2.47. The average molecular weight is 490 g/mol. The molecule has 2 unspecified atom stereocenters. The van der Waals surface area contributed by atoms with Crippen molar-refractivity contribution in [2.45, 2.75) is 84.2 Å². The first kappa shape index (κ1) is 22.8. The van der Waals surface area contributed by atoms with E-state index in [9.17, 15) is 4.79 Å². The SMILES string of the molecule is CCNC(=NCC(C1CC1)C1CC1)NC1CCCC(C(=O)NC(C)C)C1.I. The van der Waals surface area contributed by atoms with E-state index in [-0.39, 0.29) is 41.8 Å². The zero-order valence-electron chi connectivity index (χ0n) is 17.3. The highest BCUT2D eigenvalue weighted by atomic mass is 127. The maximum atomic E-state index is 12.4. The average Bonchev–Trinajstić information content (AvgIpc) is 3.49. The molecule has 0 spiro atoms. The molecular formula is C21H39IN4O. The second-order valence-electron chi connectivity index (χ2n) is 8.93. The van der Waals surface area contributed by atoms with Gasteiger partial charge in [0.05, 0.1) is 0 Å². The number of hydrogen-bond donors (Lipinski definition) is 3. The first-order chi connectivity index (χ1) is 12.6. The predicted octanol–water partition coefficient (Wildman–Crippen LogP) is 3.68. The van der Waals surface area contributed by atoms with Crippen LogP contribution in [0.3, 0.4) is 0 Å². The zero-order chi connectivity index (χ0) is 18.5. The molecule has 6 heteroatoms. The molecule has 0 aromatic rings. The summed E-state index contributed by atoms with van der Waals surface area (Å²) in [4.78, 5) is 17.3. The first-order valence-corrected chi connectivity index (χ1v) is 10.9. The van der Waals surface area contributed by atoms with Crippen LogP contribution in [0.1, 0.15) is 72.1 Å². The minimum Gasteiger partial charge on any atom is -0.357 e. The van der Waals surface area contributed by atoms with Crippen LogP contribution in [-0.4, -0.2) is 37.0 Å². The maximum absolute atomic E-state index is 12.4. The van der Waals surface area contributed by atoms with Gasteiger partial charge in [0.1, 0.15) is 0 Å². The van der Waals surface area contributed by atoms with E-state index in [4.69, 9.17) is 4.99 Å². The summed E-state index contributed by atoms with van der Waals surface area (Å²) < 4.78 is 0. The predicted molar refractivity (Wildman–Crippen MR) is 122 cm³/mol. The van der Waals surface area contributed by atoms with E-state index in [1.165, 1.54) is 25.7 Å². The lowest BCUT2D eigenvalue weighted by molar-refractivity contribution is -0.126. The highest BCUT2D eigenvalue weighted by molar-refractivity contribution is 14.0. The minimum atomic E-state index is 0. The summed E-state index contributed by atoms with van der Waals surface area (Å²) in [5, 5.41) is 10.1. The fraction of sp³-hybridized carbons (Fsp3) is 0.905. The van der Waals surface area contributed by atoms with Gasteiger partial charge < -0.3 is 16.0 Å². The van der Waals surface area contributed by atoms with Crippen LogP contribution in [0.25, 0.3) is 0 Å². The molecule has 3 rings (SSSR count). The Morgan fingerprint density at radius 2 is 1.74 bits per heavy atom. The molecule has 27 heavy (non-hydrogen) atoms. The summed E-state index contributed by atoms with van der Waals surface area (Å²) in [5.74, 6) is 3.99. The topological polar surface area (TPSA) is 65.5 Å². The Hall–Kier alpha value is -0.530. The largest absolute Gasteiger partial charge is 0.357 e. The van der Waals surface area contributed by atoms with Gasteiger partial charge in [0.25, 0.3) is 0 Å². The van der Waals surface area contributed by atoms with Gasteiger partial charge in [0.2, 0.25) is 5.91 Å². The van der Waals surface area contributed by atoms with Crippen molar-refractivity contribution in [1.82, 2.24) is 16.0 Å². The molecule has 0 heterocycles. The monoisotopic (exact) mass is 490 g/mol. The number of carbonyl (C=O) groups excluding carboxylic acids is 1. The second-order valence-corrected chi connectivity index (χ2v) is 8.93. The number of rotatable bonds is 8. The van der Waals surface area contributed by atoms with E-state index >= 15 is 0 Å². The normalized spacial score (nSPS) is 25.9. The number of nitrogens with zero attached hydrogens (tertiary/aromatic N) is 1. The Kier molecular flexibility index (Phi) is 9.16. The number of carbonyl (C=O) groups is 1. The molecule has 0 saturated heterocycles. The Morgan fingerprint density at radius 3 is 2.30 bits per heavy atom. The number of nitrogens with one attached hydrogen (secondary N) is 3. The van der Waals surface area contributed by atoms with Crippen LogP contribution in [0.15, 0.2) is 4.99 Å². The molecule has 3 aliphatic rings. The fourth-order valence-electron chi connectivity index (χ4n) is 4.40. The third kappa shape index (κ3) is 7.42. The Labute approximate surface area is 182 Å². The van der Waals surface area contributed by atoms with Crippen molar-refractivity contribution in [3.8, 4) is 0 Å². The van der Waals surface area contributed by atoms with E-state index in [2.05, 4.69) is 22.9 Å². The molecular weight excluding hydrogens is 451 g/mol. The van der Waals surface area contributed by atoms with Gasteiger partial charge in [0.15, 0.2) is 5.96 Å². The van der Waals surface area contributed by atoms with E-state index in [1.807, 2.05) is 13.8 Å². The van der Waals surface area contributed by atoms with Gasteiger partial charge in [0, 0.05) is 31.1 Å². The van der Waals surface area contributed by atoms with Gasteiger partial charge in [-0.1, -0.05) is 6.42 Å². The van der Waals surface area contributed by atoms with Crippen LogP contribution < -0.4 is 16.0 Å². The maximum Gasteiger partial charge on any atom is 0.223 e. The van der Waals surface area contributed by atoms with E-state index < -0.39 is 0 Å². The summed E-state index contributed by atoms with van der Waals surface area (Å²) in [6.45, 7) is 8.03. The summed E-state index contributed by atoms with van der Waals surface area (Å²) in [6, 6.07) is 0.571. The minimum absolute atomic E-state index is 0. The molecule has 3 N–H and O–H groups in total. The molecule has 3 saturated carbocycles. The molecule has 5 nitrogen and oxygen atoms in total. The number of guanidine groups is 1. The standard InChI is InChI=1S/C21H38N4O.HI/c1-4-22-21(23-13-19(15-8-9-15)16-10-11-16)25-18-7-5-6-17(12-18)20(26)24-14(2)3;/h14-19H,4-13H2,1-3H3,(H,24,26)(H2,22,23,25);1H. The third-order valence-electron chi connectivity index (χ3n) is 6.08. The first-order valence-electron chi connectivity index (χ1n) is 10.9. The van der Waals surface area contributed by atoms with Crippen molar-refractivity contribution in [3.63, 3.8) is 0 Å². The summed E-state index contributed by atoms with van der Waals surface area (Å²) in [5.41, 5.74) is 0. The van der Waals surface area contributed by atoms with Crippen LogP contribution in [-0.2, 0) is 4.79 Å².